The van der Waals surface area contributed by atoms with Gasteiger partial charge in [0.05, 0.1) is 6.04 Å². The second-order valence-corrected chi connectivity index (χ2v) is 12.4. The van der Waals surface area contributed by atoms with Crippen molar-refractivity contribution in [1.29, 1.82) is 0 Å². The number of nitrogens with zero attached hydrogens (tertiary/aromatic N) is 1. The van der Waals surface area contributed by atoms with Crippen LogP contribution in [0.1, 0.15) is 41.5 Å². The second-order valence-electron chi connectivity index (χ2n) is 12.4. The Morgan fingerprint density at radius 2 is 1.34 bits per heavy atom. The molecule has 0 aliphatic carbocycles. The summed E-state index contributed by atoms with van der Waals surface area (Å²) < 4.78 is 6.26. The van der Waals surface area contributed by atoms with Crippen molar-refractivity contribution in [3.8, 4) is 11.5 Å². The van der Waals surface area contributed by atoms with Crippen LogP contribution in [0.15, 0.2) is 109 Å². The standard InChI is InChI=1S/C39H42N4O4/c44-37(40-27-29-13-5-2-6-14-29)35-25-30-15-9-17-32(23-30)47-33-18-10-16-31(24-33)26-36(43-21-7-8-22-43)39(46)41-34(38(45)42-35)20-19-28-11-3-1-4-12-28/h1-6,9-18,23-24,34-36H,7-8,19-22,25-27H2,(H,40,44)(H,41,46)(H,42,45)/t34-,35-,36-/m0/s1. The lowest BCUT2D eigenvalue weighted by atomic mass is 10.00. The third kappa shape index (κ3) is 8.86. The van der Waals surface area contributed by atoms with E-state index >= 15 is 0 Å². The molecule has 3 N–H and O–H groups in total. The fourth-order valence-electron chi connectivity index (χ4n) is 6.39. The number of amides is 3. The smallest absolute Gasteiger partial charge is 0.243 e. The molecule has 3 amide bonds. The zero-order valence-corrected chi connectivity index (χ0v) is 26.6. The summed E-state index contributed by atoms with van der Waals surface area (Å²) in [5.41, 5.74) is 3.85. The van der Waals surface area contributed by atoms with Crippen LogP contribution in [0, 0.1) is 0 Å². The maximum absolute atomic E-state index is 14.1. The van der Waals surface area contributed by atoms with E-state index < -0.39 is 18.1 Å². The van der Waals surface area contributed by atoms with Crippen LogP contribution in [-0.2, 0) is 40.2 Å². The molecule has 0 unspecified atom stereocenters. The van der Waals surface area contributed by atoms with E-state index in [9.17, 15) is 14.4 Å². The largest absolute Gasteiger partial charge is 0.457 e. The molecule has 4 aromatic rings. The fourth-order valence-corrected chi connectivity index (χ4v) is 6.39. The highest BCUT2D eigenvalue weighted by molar-refractivity contribution is 5.93. The summed E-state index contributed by atoms with van der Waals surface area (Å²) in [7, 11) is 0. The number of carbonyl (C=O) groups excluding carboxylic acids is 3. The van der Waals surface area contributed by atoms with Crippen molar-refractivity contribution >= 4 is 17.7 Å². The van der Waals surface area contributed by atoms with Crippen LogP contribution in [0.25, 0.3) is 0 Å². The molecule has 4 aromatic carbocycles. The Balaban J connectivity index is 1.33. The first kappa shape index (κ1) is 32.0. The number of fused-ring (bicyclic) bond motifs is 4. The first-order valence-corrected chi connectivity index (χ1v) is 16.6. The van der Waals surface area contributed by atoms with Gasteiger partial charge in [-0.25, -0.2) is 0 Å². The highest BCUT2D eigenvalue weighted by atomic mass is 16.5. The molecule has 1 fully saturated rings. The maximum Gasteiger partial charge on any atom is 0.243 e. The van der Waals surface area contributed by atoms with Gasteiger partial charge < -0.3 is 20.7 Å². The molecule has 242 valence electrons. The van der Waals surface area contributed by atoms with E-state index in [1.807, 2.05) is 109 Å². The van der Waals surface area contributed by atoms with Crippen molar-refractivity contribution in [1.82, 2.24) is 20.9 Å². The van der Waals surface area contributed by atoms with Crippen LogP contribution in [0.4, 0.5) is 0 Å². The Morgan fingerprint density at radius 3 is 2.00 bits per heavy atom. The molecule has 47 heavy (non-hydrogen) atoms. The molecule has 2 heterocycles. The van der Waals surface area contributed by atoms with E-state index in [2.05, 4.69) is 20.9 Å². The summed E-state index contributed by atoms with van der Waals surface area (Å²) in [4.78, 5) is 44.1. The molecule has 3 atom stereocenters. The first-order valence-electron chi connectivity index (χ1n) is 16.6. The van der Waals surface area contributed by atoms with E-state index in [0.29, 0.717) is 37.3 Å². The van der Waals surface area contributed by atoms with Crippen molar-refractivity contribution in [2.24, 2.45) is 0 Å². The number of likely N-dealkylation sites (tertiary alicyclic amines) is 1. The van der Waals surface area contributed by atoms with Crippen molar-refractivity contribution in [3.05, 3.63) is 131 Å². The highest BCUT2D eigenvalue weighted by Gasteiger charge is 2.33. The Morgan fingerprint density at radius 1 is 0.723 bits per heavy atom. The third-order valence-electron chi connectivity index (χ3n) is 8.93. The van der Waals surface area contributed by atoms with Gasteiger partial charge in [0, 0.05) is 13.0 Å². The molecule has 0 spiro atoms. The SMILES string of the molecule is O=C(NCc1ccccc1)[C@@H]1Cc2cccc(c2)Oc2cccc(c2)C[C@H](N2CCCC2)C(=O)N[C@@H](CCc2ccccc2)C(=O)N1. The molecule has 8 nitrogen and oxygen atoms in total. The molecule has 2 aliphatic heterocycles. The van der Waals surface area contributed by atoms with Crippen molar-refractivity contribution < 1.29 is 19.1 Å². The van der Waals surface area contributed by atoms with Gasteiger partial charge in [-0.1, -0.05) is 84.9 Å². The third-order valence-corrected chi connectivity index (χ3v) is 8.93. The molecule has 0 aromatic heterocycles. The van der Waals surface area contributed by atoms with Gasteiger partial charge >= 0.3 is 0 Å². The van der Waals surface area contributed by atoms with Crippen LogP contribution in [0.3, 0.4) is 0 Å². The van der Waals surface area contributed by atoms with Crippen LogP contribution < -0.4 is 20.7 Å². The molecule has 4 bridgehead atoms. The number of carbonyl (C=O) groups is 3. The van der Waals surface area contributed by atoms with E-state index in [0.717, 1.165) is 48.2 Å². The predicted molar refractivity (Wildman–Crippen MR) is 182 cm³/mol. The normalized spacial score (nSPS) is 20.5. The van der Waals surface area contributed by atoms with E-state index in [-0.39, 0.29) is 24.1 Å². The quantitative estimate of drug-likeness (QED) is 0.268. The zero-order valence-electron chi connectivity index (χ0n) is 26.6. The molecule has 6 rings (SSSR count). The number of ether oxygens (including phenoxy) is 1. The lowest BCUT2D eigenvalue weighted by molar-refractivity contribution is -0.133. The van der Waals surface area contributed by atoms with Gasteiger partial charge in [-0.3, -0.25) is 19.3 Å². The van der Waals surface area contributed by atoms with Crippen LogP contribution in [0.5, 0.6) is 11.5 Å². The lowest BCUT2D eigenvalue weighted by Gasteiger charge is -2.30. The van der Waals surface area contributed by atoms with Gasteiger partial charge in [0.15, 0.2) is 0 Å². The van der Waals surface area contributed by atoms with Crippen LogP contribution >= 0.6 is 0 Å². The summed E-state index contributed by atoms with van der Waals surface area (Å²) in [5.74, 6) is 0.449. The first-order chi connectivity index (χ1) is 23.0. The van der Waals surface area contributed by atoms with Crippen molar-refractivity contribution in [2.45, 2.75) is 63.2 Å². The number of nitrogens with one attached hydrogen (secondary N) is 3. The van der Waals surface area contributed by atoms with Gasteiger partial charge in [0.2, 0.25) is 17.7 Å². The van der Waals surface area contributed by atoms with Gasteiger partial charge in [-0.2, -0.15) is 0 Å². The molecular formula is C39H42N4O4. The maximum atomic E-state index is 14.1. The Kier molecular flexibility index (Phi) is 10.6. The monoisotopic (exact) mass is 630 g/mol. The molecule has 0 saturated carbocycles. The molecular weight excluding hydrogens is 588 g/mol. The Bertz CT molecular complexity index is 1660. The zero-order chi connectivity index (χ0) is 32.4. The summed E-state index contributed by atoms with van der Waals surface area (Å²) >= 11 is 0. The minimum absolute atomic E-state index is 0.186. The van der Waals surface area contributed by atoms with Crippen molar-refractivity contribution in [2.75, 3.05) is 13.1 Å². The second kappa shape index (κ2) is 15.6. The van der Waals surface area contributed by atoms with E-state index in [1.54, 1.807) is 0 Å². The molecule has 8 heteroatoms. The lowest BCUT2D eigenvalue weighted by Crippen LogP contribution is -2.57. The Labute approximate surface area is 276 Å². The van der Waals surface area contributed by atoms with Gasteiger partial charge in [-0.15, -0.1) is 0 Å². The number of rotatable bonds is 7. The summed E-state index contributed by atoms with van der Waals surface area (Å²) in [6, 6.07) is 32.9. The Hall–Kier alpha value is -4.95. The minimum Gasteiger partial charge on any atom is -0.457 e. The van der Waals surface area contributed by atoms with Gasteiger partial charge in [-0.05, 0) is 91.7 Å². The van der Waals surface area contributed by atoms with E-state index in [1.165, 1.54) is 0 Å². The average molecular weight is 631 g/mol. The highest BCUT2D eigenvalue weighted by Crippen LogP contribution is 2.26. The number of aryl methyl sites for hydroxylation is 1. The van der Waals surface area contributed by atoms with Gasteiger partial charge in [0.1, 0.15) is 23.6 Å². The van der Waals surface area contributed by atoms with Crippen molar-refractivity contribution in [3.63, 3.8) is 0 Å². The number of hydrogen-bond donors (Lipinski definition) is 3. The number of hydrogen-bond acceptors (Lipinski definition) is 5. The van der Waals surface area contributed by atoms with Crippen LogP contribution in [-0.4, -0.2) is 53.8 Å². The molecule has 0 radical (unpaired) electrons. The molecule has 2 aliphatic rings. The average Bonchev–Trinajstić information content (AvgIpc) is 3.63. The fraction of sp³-hybridized carbons (Fsp3) is 0.308. The number of benzene rings is 4. The summed E-state index contributed by atoms with van der Waals surface area (Å²) in [5, 5.41) is 9.14. The van der Waals surface area contributed by atoms with Gasteiger partial charge in [0.25, 0.3) is 0 Å². The summed E-state index contributed by atoms with van der Waals surface area (Å²) in [6.07, 6.45) is 3.78. The summed E-state index contributed by atoms with van der Waals surface area (Å²) in [6.45, 7) is 1.98. The predicted octanol–water partition coefficient (Wildman–Crippen LogP) is 4.96. The van der Waals surface area contributed by atoms with E-state index in [4.69, 9.17) is 4.74 Å². The van der Waals surface area contributed by atoms with Crippen LogP contribution in [0.2, 0.25) is 0 Å². The molecule has 1 saturated heterocycles. The minimum atomic E-state index is -0.872. The topological polar surface area (TPSA) is 99.8 Å².